The van der Waals surface area contributed by atoms with Gasteiger partial charge in [0, 0.05) is 24.7 Å². The number of fused-ring (bicyclic) bond motifs is 1. The van der Waals surface area contributed by atoms with Crippen LogP contribution in [0.4, 0.5) is 0 Å². The van der Waals surface area contributed by atoms with E-state index in [4.69, 9.17) is 17.0 Å². The maximum atomic E-state index is 12.8. The van der Waals surface area contributed by atoms with Gasteiger partial charge in [-0.25, -0.2) is 0 Å². The molecule has 0 aliphatic carbocycles. The number of nitrogens with zero attached hydrogens (tertiary/aromatic N) is 3. The van der Waals surface area contributed by atoms with Gasteiger partial charge in [0.25, 0.3) is 5.56 Å². The Hall–Kier alpha value is -2.16. The average Bonchev–Trinajstić information content (AvgIpc) is 2.78. The van der Waals surface area contributed by atoms with Gasteiger partial charge in [-0.3, -0.25) is 4.79 Å². The van der Waals surface area contributed by atoms with Crippen LogP contribution in [0.3, 0.4) is 0 Å². The van der Waals surface area contributed by atoms with Crippen molar-refractivity contribution >= 4 is 28.2 Å². The van der Waals surface area contributed by atoms with Crippen molar-refractivity contribution in [2.24, 2.45) is 0 Å². The molecule has 0 aliphatic rings. The Morgan fingerprint density at radius 2 is 1.84 bits per heavy atom. The fourth-order valence-corrected chi connectivity index (χ4v) is 3.91. The molecule has 0 saturated carbocycles. The Morgan fingerprint density at radius 1 is 1.09 bits per heavy atom. The van der Waals surface area contributed by atoms with Gasteiger partial charge in [-0.15, -0.1) is 0 Å². The zero-order valence-corrected chi connectivity index (χ0v) is 21.1. The van der Waals surface area contributed by atoms with Crippen LogP contribution in [-0.4, -0.2) is 85.3 Å². The molecule has 1 aromatic heterocycles. The Bertz CT molecular complexity index is 911. The molecular formula is C24H39N5O2S. The van der Waals surface area contributed by atoms with Crippen LogP contribution in [-0.2, 0) is 6.54 Å². The van der Waals surface area contributed by atoms with Gasteiger partial charge < -0.3 is 29.7 Å². The van der Waals surface area contributed by atoms with Gasteiger partial charge in [-0.1, -0.05) is 13.8 Å². The number of benzene rings is 1. The average molecular weight is 462 g/mol. The molecule has 0 atom stereocenters. The number of H-pyrrole nitrogens is 1. The smallest absolute Gasteiger partial charge is 0.253 e. The third-order valence-corrected chi connectivity index (χ3v) is 6.04. The third-order valence-electron chi connectivity index (χ3n) is 5.63. The molecule has 1 aromatic carbocycles. The minimum Gasteiger partial charge on any atom is -0.497 e. The summed E-state index contributed by atoms with van der Waals surface area (Å²) in [5, 5.41) is 5.09. The molecule has 8 heteroatoms. The Morgan fingerprint density at radius 3 is 2.50 bits per heavy atom. The number of aromatic amines is 1. The fraction of sp³-hybridized carbons (Fsp3) is 0.583. The van der Waals surface area contributed by atoms with Crippen molar-refractivity contribution in [1.29, 1.82) is 0 Å². The lowest BCUT2D eigenvalue weighted by Crippen LogP contribution is -2.42. The van der Waals surface area contributed by atoms with Crippen molar-refractivity contribution in [3.63, 3.8) is 0 Å². The van der Waals surface area contributed by atoms with Crippen molar-refractivity contribution in [3.8, 4) is 5.75 Å². The van der Waals surface area contributed by atoms with Gasteiger partial charge in [0.2, 0.25) is 0 Å². The maximum absolute atomic E-state index is 12.8. The highest BCUT2D eigenvalue weighted by Gasteiger charge is 2.14. The van der Waals surface area contributed by atoms with E-state index in [-0.39, 0.29) is 5.56 Å². The molecule has 0 radical (unpaired) electrons. The van der Waals surface area contributed by atoms with Gasteiger partial charge in [0.05, 0.1) is 19.2 Å². The normalized spacial score (nSPS) is 11.3. The van der Waals surface area contributed by atoms with Gasteiger partial charge >= 0.3 is 0 Å². The Balaban J connectivity index is 2.09. The van der Waals surface area contributed by atoms with Crippen LogP contribution in [0.1, 0.15) is 32.3 Å². The number of rotatable bonds is 13. The van der Waals surface area contributed by atoms with E-state index in [9.17, 15) is 4.79 Å². The van der Waals surface area contributed by atoms with Crippen LogP contribution in [0, 0.1) is 0 Å². The van der Waals surface area contributed by atoms with E-state index >= 15 is 0 Å². The highest BCUT2D eigenvalue weighted by Crippen LogP contribution is 2.19. The number of nitrogens with one attached hydrogen (secondary N) is 2. The van der Waals surface area contributed by atoms with Crippen LogP contribution in [0.15, 0.2) is 29.1 Å². The van der Waals surface area contributed by atoms with E-state index in [0.717, 1.165) is 68.8 Å². The van der Waals surface area contributed by atoms with Crippen molar-refractivity contribution in [1.82, 2.24) is 25.0 Å². The minimum absolute atomic E-state index is 0.0901. The zero-order valence-electron chi connectivity index (χ0n) is 20.2. The molecule has 0 fully saturated rings. The summed E-state index contributed by atoms with van der Waals surface area (Å²) in [4.78, 5) is 22.4. The van der Waals surface area contributed by atoms with Crippen LogP contribution in [0.25, 0.3) is 10.9 Å². The SMILES string of the molecule is CCN(CC)CCCNC(=S)N(CCCN(C)C)Cc1cc2ccc(OC)cc2[nH]c1=O. The second kappa shape index (κ2) is 13.4. The van der Waals surface area contributed by atoms with Crippen LogP contribution in [0.5, 0.6) is 5.75 Å². The molecule has 0 spiro atoms. The Labute approximate surface area is 197 Å². The molecule has 0 unspecified atom stereocenters. The summed E-state index contributed by atoms with van der Waals surface area (Å²) in [6, 6.07) is 7.67. The lowest BCUT2D eigenvalue weighted by molar-refractivity contribution is 0.298. The summed E-state index contributed by atoms with van der Waals surface area (Å²) in [5.41, 5.74) is 1.39. The van der Waals surface area contributed by atoms with Crippen molar-refractivity contribution < 1.29 is 4.74 Å². The Kier molecular flexibility index (Phi) is 10.9. The first-order valence-corrected chi connectivity index (χ1v) is 11.9. The summed E-state index contributed by atoms with van der Waals surface area (Å²) in [6.07, 6.45) is 2.00. The summed E-state index contributed by atoms with van der Waals surface area (Å²) in [6.45, 7) is 10.6. The van der Waals surface area contributed by atoms with Crippen molar-refractivity contribution in [3.05, 3.63) is 40.2 Å². The van der Waals surface area contributed by atoms with Crippen molar-refractivity contribution in [2.75, 3.05) is 60.5 Å². The standard InChI is InChI=1S/C24H39N5O2S/c1-6-28(7-2)14-8-12-25-24(32)29(15-9-13-27(3)4)18-20-16-19-10-11-21(31-5)17-22(19)26-23(20)30/h10-11,16-17H,6-9,12-15,18H2,1-5H3,(H,25,32)(H,26,30). The van der Waals surface area contributed by atoms with E-state index < -0.39 is 0 Å². The molecule has 2 N–H and O–H groups in total. The second-order valence-corrected chi connectivity index (χ2v) is 8.65. The number of ether oxygens (including phenoxy) is 1. The van der Waals surface area contributed by atoms with Gasteiger partial charge in [0.15, 0.2) is 5.11 Å². The van der Waals surface area contributed by atoms with E-state index in [1.807, 2.05) is 24.3 Å². The molecule has 0 bridgehead atoms. The summed E-state index contributed by atoms with van der Waals surface area (Å²) in [7, 11) is 5.75. The first-order valence-electron chi connectivity index (χ1n) is 11.5. The number of hydrogen-bond acceptors (Lipinski definition) is 5. The quantitative estimate of drug-likeness (QED) is 0.351. The predicted molar refractivity (Wildman–Crippen MR) is 138 cm³/mol. The summed E-state index contributed by atoms with van der Waals surface area (Å²) in [5.74, 6) is 0.723. The van der Waals surface area contributed by atoms with Crippen LogP contribution in [0.2, 0.25) is 0 Å². The highest BCUT2D eigenvalue weighted by molar-refractivity contribution is 7.80. The molecule has 32 heavy (non-hydrogen) atoms. The monoisotopic (exact) mass is 461 g/mol. The molecule has 2 rings (SSSR count). The zero-order chi connectivity index (χ0) is 23.5. The topological polar surface area (TPSA) is 63.8 Å². The maximum Gasteiger partial charge on any atom is 0.253 e. The third kappa shape index (κ3) is 8.07. The second-order valence-electron chi connectivity index (χ2n) is 8.27. The van der Waals surface area contributed by atoms with Gasteiger partial charge in [-0.05, 0) is 88.9 Å². The molecule has 0 amide bonds. The number of methoxy groups -OCH3 is 1. The minimum atomic E-state index is -0.0901. The summed E-state index contributed by atoms with van der Waals surface area (Å²) < 4.78 is 5.27. The molecule has 2 aromatic rings. The van der Waals surface area contributed by atoms with Crippen molar-refractivity contribution in [2.45, 2.75) is 33.2 Å². The van der Waals surface area contributed by atoms with Crippen LogP contribution >= 0.6 is 12.2 Å². The molecule has 0 saturated heterocycles. The largest absolute Gasteiger partial charge is 0.497 e. The number of thiocarbonyl (C=S) groups is 1. The fourth-order valence-electron chi connectivity index (χ4n) is 3.66. The van der Waals surface area contributed by atoms with E-state index in [1.165, 1.54) is 0 Å². The number of hydrogen-bond donors (Lipinski definition) is 2. The van der Waals surface area contributed by atoms with Gasteiger partial charge in [-0.2, -0.15) is 0 Å². The summed E-state index contributed by atoms with van der Waals surface area (Å²) >= 11 is 5.72. The lowest BCUT2D eigenvalue weighted by atomic mass is 10.1. The van der Waals surface area contributed by atoms with Crippen LogP contribution < -0.4 is 15.6 Å². The predicted octanol–water partition coefficient (Wildman–Crippen LogP) is 2.90. The van der Waals surface area contributed by atoms with E-state index in [1.54, 1.807) is 7.11 Å². The highest BCUT2D eigenvalue weighted by atomic mass is 32.1. The molecule has 1 heterocycles. The number of aromatic nitrogens is 1. The molecule has 7 nitrogen and oxygen atoms in total. The van der Waals surface area contributed by atoms with Gasteiger partial charge in [0.1, 0.15) is 5.75 Å². The molecule has 0 aliphatic heterocycles. The van der Waals surface area contributed by atoms with E-state index in [0.29, 0.717) is 17.2 Å². The lowest BCUT2D eigenvalue weighted by Gasteiger charge is -2.27. The first-order chi connectivity index (χ1) is 15.4. The van der Waals surface area contributed by atoms with E-state index in [2.05, 4.69) is 52.9 Å². The molecular weight excluding hydrogens is 422 g/mol. The number of pyridine rings is 1. The first kappa shape index (κ1) is 26.1. The molecule has 178 valence electrons.